The van der Waals surface area contributed by atoms with Crippen LogP contribution in [-0.2, 0) is 16.6 Å². The maximum absolute atomic E-state index is 13.3. The molecule has 0 bridgehead atoms. The van der Waals surface area contributed by atoms with Crippen molar-refractivity contribution in [3.05, 3.63) is 137 Å². The van der Waals surface area contributed by atoms with Crippen LogP contribution in [0.1, 0.15) is 27.0 Å². The van der Waals surface area contributed by atoms with E-state index in [0.29, 0.717) is 22.6 Å². The molecule has 1 amide bonds. The Hall–Kier alpha value is -5.02. The zero-order valence-electron chi connectivity index (χ0n) is 22.0. The quantitative estimate of drug-likeness (QED) is 0.158. The van der Waals surface area contributed by atoms with E-state index in [1.807, 2.05) is 43.3 Å². The van der Waals surface area contributed by atoms with Crippen molar-refractivity contribution in [2.45, 2.75) is 18.4 Å². The van der Waals surface area contributed by atoms with E-state index in [2.05, 4.69) is 15.2 Å². The average molecular weight is 568 g/mol. The molecule has 0 saturated carbocycles. The number of halogens is 1. The lowest BCUT2D eigenvalue weighted by atomic mass is 10.0. The third kappa shape index (κ3) is 6.77. The van der Waals surface area contributed by atoms with Gasteiger partial charge in [0, 0.05) is 16.8 Å². The number of anilines is 1. The van der Waals surface area contributed by atoms with Crippen LogP contribution >= 0.6 is 0 Å². The zero-order chi connectivity index (χ0) is 28.8. The van der Waals surface area contributed by atoms with Gasteiger partial charge in [-0.2, -0.15) is 5.10 Å². The number of benzene rings is 5. The first kappa shape index (κ1) is 27.5. The first-order chi connectivity index (χ1) is 19.8. The molecule has 0 fully saturated rings. The first-order valence-corrected chi connectivity index (χ1v) is 14.2. The van der Waals surface area contributed by atoms with Crippen LogP contribution in [0.4, 0.5) is 10.1 Å². The number of carbonyl (C=O) groups is 1. The number of nitrogens with one attached hydrogen (secondary N) is 2. The Morgan fingerprint density at radius 3 is 2.32 bits per heavy atom. The van der Waals surface area contributed by atoms with Gasteiger partial charge in [-0.3, -0.25) is 9.52 Å². The number of carbonyl (C=O) groups excluding carboxylic acids is 1. The molecule has 206 valence electrons. The topological polar surface area (TPSA) is 96.9 Å². The van der Waals surface area contributed by atoms with Crippen LogP contribution in [0.3, 0.4) is 0 Å². The first-order valence-electron chi connectivity index (χ1n) is 12.7. The van der Waals surface area contributed by atoms with Gasteiger partial charge >= 0.3 is 0 Å². The fourth-order valence-corrected chi connectivity index (χ4v) is 5.18. The van der Waals surface area contributed by atoms with E-state index in [1.54, 1.807) is 24.3 Å². The van der Waals surface area contributed by atoms with Gasteiger partial charge in [-0.1, -0.05) is 60.2 Å². The van der Waals surface area contributed by atoms with E-state index in [-0.39, 0.29) is 17.3 Å². The number of aryl methyl sites for hydroxylation is 1. The Morgan fingerprint density at radius 1 is 0.878 bits per heavy atom. The van der Waals surface area contributed by atoms with Crippen molar-refractivity contribution in [2.75, 3.05) is 4.72 Å². The molecule has 7 nitrogen and oxygen atoms in total. The van der Waals surface area contributed by atoms with Gasteiger partial charge in [-0.05, 0) is 77.9 Å². The molecule has 5 rings (SSSR count). The maximum Gasteiger partial charge on any atom is 0.271 e. The molecule has 0 atom stereocenters. The summed E-state index contributed by atoms with van der Waals surface area (Å²) >= 11 is 0. The van der Waals surface area contributed by atoms with Crippen LogP contribution in [-0.4, -0.2) is 20.5 Å². The van der Waals surface area contributed by atoms with Gasteiger partial charge in [0.05, 0.1) is 11.1 Å². The molecule has 0 aliphatic rings. The minimum absolute atomic E-state index is 0.147. The fourth-order valence-electron chi connectivity index (χ4n) is 4.12. The smallest absolute Gasteiger partial charge is 0.271 e. The highest BCUT2D eigenvalue weighted by Gasteiger charge is 2.14. The molecule has 0 heterocycles. The predicted octanol–water partition coefficient (Wildman–Crippen LogP) is 6.43. The lowest BCUT2D eigenvalue weighted by Crippen LogP contribution is -2.18. The summed E-state index contributed by atoms with van der Waals surface area (Å²) in [5.74, 6) is -0.236. The summed E-state index contributed by atoms with van der Waals surface area (Å²) in [5, 5.41) is 6.01. The molecule has 0 aromatic heterocycles. The van der Waals surface area contributed by atoms with Crippen molar-refractivity contribution < 1.29 is 22.3 Å². The van der Waals surface area contributed by atoms with Crippen LogP contribution in [0.15, 0.2) is 119 Å². The number of sulfonamides is 1. The van der Waals surface area contributed by atoms with Crippen LogP contribution in [0.5, 0.6) is 5.75 Å². The summed E-state index contributed by atoms with van der Waals surface area (Å²) in [7, 11) is -3.76. The minimum Gasteiger partial charge on any atom is -0.488 e. The van der Waals surface area contributed by atoms with Crippen molar-refractivity contribution in [1.82, 2.24) is 5.43 Å². The van der Waals surface area contributed by atoms with Crippen molar-refractivity contribution >= 4 is 38.6 Å². The molecule has 2 N–H and O–H groups in total. The molecule has 9 heteroatoms. The molecule has 0 radical (unpaired) electrons. The monoisotopic (exact) mass is 567 g/mol. The molecule has 5 aromatic rings. The van der Waals surface area contributed by atoms with Gasteiger partial charge in [0.1, 0.15) is 18.2 Å². The summed E-state index contributed by atoms with van der Waals surface area (Å²) in [4.78, 5) is 12.9. The molecular weight excluding hydrogens is 541 g/mol. The molecule has 0 saturated heterocycles. The number of rotatable bonds is 9. The van der Waals surface area contributed by atoms with Gasteiger partial charge in [-0.15, -0.1) is 0 Å². The molecule has 0 aliphatic heterocycles. The second-order valence-corrected chi connectivity index (χ2v) is 11.0. The minimum atomic E-state index is -3.76. The van der Waals surface area contributed by atoms with Crippen molar-refractivity contribution in [3.8, 4) is 5.75 Å². The molecule has 41 heavy (non-hydrogen) atoms. The van der Waals surface area contributed by atoms with Gasteiger partial charge in [0.2, 0.25) is 0 Å². The Kier molecular flexibility index (Phi) is 8.07. The van der Waals surface area contributed by atoms with Gasteiger partial charge < -0.3 is 4.74 Å². The normalized spacial score (nSPS) is 11.5. The zero-order valence-corrected chi connectivity index (χ0v) is 22.9. The van der Waals surface area contributed by atoms with E-state index in [1.165, 1.54) is 54.7 Å². The van der Waals surface area contributed by atoms with Crippen molar-refractivity contribution in [2.24, 2.45) is 5.10 Å². The van der Waals surface area contributed by atoms with E-state index in [0.717, 1.165) is 21.9 Å². The number of hydrogen-bond acceptors (Lipinski definition) is 5. The van der Waals surface area contributed by atoms with Crippen molar-refractivity contribution in [1.29, 1.82) is 0 Å². The van der Waals surface area contributed by atoms with E-state index < -0.39 is 15.9 Å². The lowest BCUT2D eigenvalue weighted by molar-refractivity contribution is 0.0955. The number of nitrogens with zero attached hydrogens (tertiary/aromatic N) is 1. The van der Waals surface area contributed by atoms with Crippen molar-refractivity contribution in [3.63, 3.8) is 0 Å². The molecule has 0 spiro atoms. The van der Waals surface area contributed by atoms with E-state index in [9.17, 15) is 17.6 Å². The van der Waals surface area contributed by atoms with E-state index in [4.69, 9.17) is 4.74 Å². The van der Waals surface area contributed by atoms with Gasteiger partial charge in [-0.25, -0.2) is 18.2 Å². The number of fused-ring (bicyclic) bond motifs is 1. The predicted molar refractivity (Wildman–Crippen MR) is 158 cm³/mol. The summed E-state index contributed by atoms with van der Waals surface area (Å²) < 4.78 is 47.1. The number of hydrazone groups is 1. The van der Waals surface area contributed by atoms with Crippen LogP contribution in [0.2, 0.25) is 0 Å². The second kappa shape index (κ2) is 12.0. The highest BCUT2D eigenvalue weighted by molar-refractivity contribution is 7.92. The number of hydrogen-bond donors (Lipinski definition) is 2. The Bertz CT molecular complexity index is 1820. The molecule has 0 aliphatic carbocycles. The average Bonchev–Trinajstić information content (AvgIpc) is 2.97. The summed E-state index contributed by atoms with van der Waals surface area (Å²) in [5.41, 5.74) is 5.57. The fraction of sp³-hybridized carbons (Fsp3) is 0.0625. The highest BCUT2D eigenvalue weighted by Crippen LogP contribution is 2.27. The summed E-state index contributed by atoms with van der Waals surface area (Å²) in [6.45, 7) is 2.11. The summed E-state index contributed by atoms with van der Waals surface area (Å²) in [6, 6.07) is 30.1. The maximum atomic E-state index is 13.3. The second-order valence-electron chi connectivity index (χ2n) is 9.31. The molecular formula is C32H26FN3O4S. The Labute approximate surface area is 237 Å². The Balaban J connectivity index is 1.28. The third-order valence-electron chi connectivity index (χ3n) is 6.33. The molecule has 0 unspecified atom stereocenters. The molecule has 5 aromatic carbocycles. The van der Waals surface area contributed by atoms with Crippen LogP contribution < -0.4 is 14.9 Å². The number of ether oxygens (including phenoxy) is 1. The highest BCUT2D eigenvalue weighted by atomic mass is 32.2. The van der Waals surface area contributed by atoms with Crippen LogP contribution in [0.25, 0.3) is 10.8 Å². The van der Waals surface area contributed by atoms with Gasteiger partial charge in [0.25, 0.3) is 15.9 Å². The number of amides is 1. The van der Waals surface area contributed by atoms with E-state index >= 15 is 0 Å². The largest absolute Gasteiger partial charge is 0.488 e. The lowest BCUT2D eigenvalue weighted by Gasteiger charge is -2.12. The Morgan fingerprint density at radius 2 is 1.59 bits per heavy atom. The standard InChI is InChI=1S/C32H26FN3O4S/c1-22-6-17-28(18-7-22)41(38,39)36-27-15-10-25(11-16-27)32(37)35-34-20-30-29-5-3-2-4-24(29)12-19-31(30)40-21-23-8-13-26(33)14-9-23/h2-20,36H,21H2,1H3,(H,35,37)/b34-20+. The van der Waals surface area contributed by atoms with Gasteiger partial charge in [0.15, 0.2) is 0 Å². The van der Waals surface area contributed by atoms with Crippen LogP contribution in [0, 0.1) is 12.7 Å². The SMILES string of the molecule is Cc1ccc(S(=O)(=O)Nc2ccc(C(=O)N/N=C/c3c(OCc4ccc(F)cc4)ccc4ccccc34)cc2)cc1. The third-order valence-corrected chi connectivity index (χ3v) is 7.73. The summed E-state index contributed by atoms with van der Waals surface area (Å²) in [6.07, 6.45) is 1.52.